The molecule has 5 nitrogen and oxygen atoms in total. The van der Waals surface area contributed by atoms with Crippen molar-refractivity contribution < 1.29 is 8.42 Å². The summed E-state index contributed by atoms with van der Waals surface area (Å²) in [5.74, 6) is 0. The molecule has 0 unspecified atom stereocenters. The molecule has 3 N–H and O–H groups in total. The highest BCUT2D eigenvalue weighted by Crippen LogP contribution is 2.06. The van der Waals surface area contributed by atoms with Gasteiger partial charge in [0.25, 0.3) is 10.2 Å². The molecule has 0 bridgehead atoms. The molecular formula is C6H15N3O2S. The summed E-state index contributed by atoms with van der Waals surface area (Å²) < 4.78 is 23.3. The Labute approximate surface area is 73.1 Å². The second-order valence-corrected chi connectivity index (χ2v) is 4.40. The SMILES string of the molecule is NS(=O)(=O)NCN1CCCCC1. The summed E-state index contributed by atoms with van der Waals surface area (Å²) >= 11 is 0. The van der Waals surface area contributed by atoms with Crippen molar-refractivity contribution in [3.8, 4) is 0 Å². The second-order valence-electron chi connectivity index (χ2n) is 3.03. The van der Waals surface area contributed by atoms with Crippen LogP contribution in [0.4, 0.5) is 0 Å². The normalized spacial score (nSPS) is 21.1. The van der Waals surface area contributed by atoms with E-state index in [1.807, 2.05) is 4.90 Å². The van der Waals surface area contributed by atoms with Crippen LogP contribution in [0.1, 0.15) is 19.3 Å². The Bertz CT molecular complexity index is 221. The zero-order valence-electron chi connectivity index (χ0n) is 6.99. The Morgan fingerprint density at radius 2 is 1.83 bits per heavy atom. The summed E-state index contributed by atoms with van der Waals surface area (Å²) in [4.78, 5) is 2.05. The van der Waals surface area contributed by atoms with Crippen LogP contribution in [-0.2, 0) is 10.2 Å². The molecule has 1 rings (SSSR count). The van der Waals surface area contributed by atoms with Crippen molar-refractivity contribution in [1.82, 2.24) is 9.62 Å². The largest absolute Gasteiger partial charge is 0.290 e. The molecule has 72 valence electrons. The quantitative estimate of drug-likeness (QED) is 0.617. The predicted octanol–water partition coefficient (Wildman–Crippen LogP) is -0.777. The summed E-state index contributed by atoms with van der Waals surface area (Å²) in [6.45, 7) is 2.27. The zero-order valence-corrected chi connectivity index (χ0v) is 7.81. The van der Waals surface area contributed by atoms with Gasteiger partial charge in [0, 0.05) is 0 Å². The maximum atomic E-state index is 10.5. The summed E-state index contributed by atoms with van der Waals surface area (Å²) in [7, 11) is -3.52. The minimum absolute atomic E-state index is 0.346. The van der Waals surface area contributed by atoms with Crippen molar-refractivity contribution in [2.45, 2.75) is 19.3 Å². The Morgan fingerprint density at radius 3 is 2.33 bits per heavy atom. The van der Waals surface area contributed by atoms with Crippen LogP contribution < -0.4 is 9.86 Å². The maximum absolute atomic E-state index is 10.5. The lowest BCUT2D eigenvalue weighted by Crippen LogP contribution is -2.42. The number of nitrogens with one attached hydrogen (secondary N) is 1. The molecule has 0 radical (unpaired) electrons. The van der Waals surface area contributed by atoms with Crippen molar-refractivity contribution in [3.63, 3.8) is 0 Å². The molecule has 0 amide bonds. The highest BCUT2D eigenvalue weighted by molar-refractivity contribution is 7.87. The van der Waals surface area contributed by atoms with E-state index in [0.717, 1.165) is 25.9 Å². The summed E-state index contributed by atoms with van der Waals surface area (Å²) in [6.07, 6.45) is 3.53. The van der Waals surface area contributed by atoms with Gasteiger partial charge in [0.2, 0.25) is 0 Å². The molecule has 6 heteroatoms. The van der Waals surface area contributed by atoms with Gasteiger partial charge in [-0.05, 0) is 25.9 Å². The van der Waals surface area contributed by atoms with Crippen LogP contribution in [0.3, 0.4) is 0 Å². The molecule has 0 spiro atoms. The number of nitrogens with two attached hydrogens (primary N) is 1. The second kappa shape index (κ2) is 4.18. The molecule has 0 aromatic heterocycles. The smallest absolute Gasteiger partial charge is 0.275 e. The lowest BCUT2D eigenvalue weighted by Gasteiger charge is -2.25. The average Bonchev–Trinajstić information content (AvgIpc) is 2.02. The molecule has 0 aromatic rings. The van der Waals surface area contributed by atoms with E-state index in [9.17, 15) is 8.42 Å². The first kappa shape index (κ1) is 9.91. The van der Waals surface area contributed by atoms with Crippen LogP contribution in [0, 0.1) is 0 Å². The lowest BCUT2D eigenvalue weighted by molar-refractivity contribution is 0.226. The fourth-order valence-corrected chi connectivity index (χ4v) is 1.66. The Morgan fingerprint density at radius 1 is 1.25 bits per heavy atom. The molecule has 12 heavy (non-hydrogen) atoms. The van der Waals surface area contributed by atoms with Crippen LogP contribution in [0.15, 0.2) is 0 Å². The van der Waals surface area contributed by atoms with Crippen molar-refractivity contribution >= 4 is 10.2 Å². The number of nitrogens with zero attached hydrogens (tertiary/aromatic N) is 1. The molecular weight excluding hydrogens is 178 g/mol. The summed E-state index contributed by atoms with van der Waals surface area (Å²) in [6, 6.07) is 0. The number of rotatable bonds is 3. The van der Waals surface area contributed by atoms with Crippen molar-refractivity contribution in [3.05, 3.63) is 0 Å². The van der Waals surface area contributed by atoms with Gasteiger partial charge in [-0.25, -0.2) is 5.14 Å². The van der Waals surface area contributed by atoms with Gasteiger partial charge in [0.15, 0.2) is 0 Å². The number of likely N-dealkylation sites (tertiary alicyclic amines) is 1. The predicted molar refractivity (Wildman–Crippen MR) is 46.5 cm³/mol. The van der Waals surface area contributed by atoms with Gasteiger partial charge < -0.3 is 0 Å². The Hall–Kier alpha value is -0.170. The highest BCUT2D eigenvalue weighted by Gasteiger charge is 2.11. The van der Waals surface area contributed by atoms with E-state index in [2.05, 4.69) is 4.72 Å². The zero-order chi connectivity index (χ0) is 9.03. The monoisotopic (exact) mass is 193 g/mol. The van der Waals surface area contributed by atoms with Crippen LogP contribution >= 0.6 is 0 Å². The fourth-order valence-electron chi connectivity index (χ4n) is 1.30. The van der Waals surface area contributed by atoms with E-state index in [1.54, 1.807) is 0 Å². The molecule has 1 fully saturated rings. The number of hydrogen-bond donors (Lipinski definition) is 2. The van der Waals surface area contributed by atoms with E-state index in [0.29, 0.717) is 6.67 Å². The van der Waals surface area contributed by atoms with Crippen LogP contribution in [-0.4, -0.2) is 33.1 Å². The van der Waals surface area contributed by atoms with Crippen LogP contribution in [0.5, 0.6) is 0 Å². The van der Waals surface area contributed by atoms with E-state index >= 15 is 0 Å². The topological polar surface area (TPSA) is 75.4 Å². The maximum Gasteiger partial charge on any atom is 0.275 e. The molecule has 1 saturated heterocycles. The van der Waals surface area contributed by atoms with E-state index < -0.39 is 10.2 Å². The lowest BCUT2D eigenvalue weighted by atomic mass is 10.1. The van der Waals surface area contributed by atoms with E-state index in [4.69, 9.17) is 5.14 Å². The van der Waals surface area contributed by atoms with Crippen molar-refractivity contribution in [2.75, 3.05) is 19.8 Å². The van der Waals surface area contributed by atoms with E-state index in [1.165, 1.54) is 6.42 Å². The summed E-state index contributed by atoms with van der Waals surface area (Å²) in [5, 5.41) is 4.79. The fraction of sp³-hybridized carbons (Fsp3) is 1.00. The minimum atomic E-state index is -3.52. The highest BCUT2D eigenvalue weighted by atomic mass is 32.2. The Kier molecular flexibility index (Phi) is 3.45. The standard InChI is InChI=1S/C6H15N3O2S/c7-12(10,11)8-6-9-4-2-1-3-5-9/h8H,1-6H2,(H2,7,10,11). The van der Waals surface area contributed by atoms with Crippen LogP contribution in [0.2, 0.25) is 0 Å². The first-order chi connectivity index (χ1) is 5.58. The summed E-state index contributed by atoms with van der Waals surface area (Å²) in [5.41, 5.74) is 0. The third kappa shape index (κ3) is 4.01. The van der Waals surface area contributed by atoms with Gasteiger partial charge in [-0.3, -0.25) is 4.90 Å². The molecule has 0 aliphatic carbocycles. The molecule has 0 atom stereocenters. The van der Waals surface area contributed by atoms with Gasteiger partial charge in [-0.2, -0.15) is 13.1 Å². The Balaban J connectivity index is 2.22. The third-order valence-corrected chi connectivity index (χ3v) is 2.47. The van der Waals surface area contributed by atoms with Gasteiger partial charge >= 0.3 is 0 Å². The van der Waals surface area contributed by atoms with Gasteiger partial charge in [-0.1, -0.05) is 6.42 Å². The van der Waals surface area contributed by atoms with E-state index in [-0.39, 0.29) is 0 Å². The molecule has 1 aliphatic rings. The van der Waals surface area contributed by atoms with Gasteiger partial charge in [0.1, 0.15) is 0 Å². The number of hydrogen-bond acceptors (Lipinski definition) is 3. The van der Waals surface area contributed by atoms with Crippen molar-refractivity contribution in [2.24, 2.45) is 5.14 Å². The average molecular weight is 193 g/mol. The van der Waals surface area contributed by atoms with Gasteiger partial charge in [-0.15, -0.1) is 0 Å². The van der Waals surface area contributed by atoms with Gasteiger partial charge in [0.05, 0.1) is 6.67 Å². The molecule has 1 aliphatic heterocycles. The minimum Gasteiger partial charge on any atom is -0.290 e. The molecule has 1 heterocycles. The molecule has 0 saturated carbocycles. The van der Waals surface area contributed by atoms with Crippen molar-refractivity contribution in [1.29, 1.82) is 0 Å². The molecule has 0 aromatic carbocycles. The van der Waals surface area contributed by atoms with Crippen LogP contribution in [0.25, 0.3) is 0 Å². The third-order valence-electron chi connectivity index (χ3n) is 1.94. The number of piperidine rings is 1. The first-order valence-corrected chi connectivity index (χ1v) is 5.62. The first-order valence-electron chi connectivity index (χ1n) is 4.08.